The van der Waals surface area contributed by atoms with Crippen molar-refractivity contribution >= 4 is 27.6 Å². The maximum atomic E-state index is 12.0. The molecule has 0 aliphatic heterocycles. The second-order valence-corrected chi connectivity index (χ2v) is 6.69. The molecule has 0 aliphatic rings. The molecule has 0 bridgehead atoms. The Kier molecular flexibility index (Phi) is 7.14. The van der Waals surface area contributed by atoms with E-state index in [0.717, 1.165) is 10.6 Å². The van der Waals surface area contributed by atoms with Gasteiger partial charge in [-0.2, -0.15) is 4.31 Å². The van der Waals surface area contributed by atoms with Crippen LogP contribution in [0, 0.1) is 0 Å². The highest BCUT2D eigenvalue weighted by Gasteiger charge is 2.20. The smallest absolute Gasteiger partial charge is 0.337 e. The summed E-state index contributed by atoms with van der Waals surface area (Å²) in [5.74, 6) is -1.05. The van der Waals surface area contributed by atoms with Crippen molar-refractivity contribution in [2.75, 3.05) is 45.5 Å². The van der Waals surface area contributed by atoms with Crippen LogP contribution in [-0.4, -0.2) is 64.8 Å². The Labute approximate surface area is 135 Å². The summed E-state index contributed by atoms with van der Waals surface area (Å²) in [6.07, 6.45) is 1.02. The van der Waals surface area contributed by atoms with E-state index in [-0.39, 0.29) is 25.3 Å². The van der Waals surface area contributed by atoms with Gasteiger partial charge in [-0.05, 0) is 18.2 Å². The lowest BCUT2D eigenvalue weighted by Gasteiger charge is -2.19. The number of anilines is 1. The van der Waals surface area contributed by atoms with Crippen LogP contribution in [0.5, 0.6) is 0 Å². The predicted octanol–water partition coefficient (Wildman–Crippen LogP) is 0.320. The van der Waals surface area contributed by atoms with Gasteiger partial charge in [-0.1, -0.05) is 6.07 Å². The number of nitrogens with zero attached hydrogens (tertiary/aromatic N) is 1. The van der Waals surface area contributed by atoms with Gasteiger partial charge in [-0.3, -0.25) is 4.79 Å². The SMILES string of the molecule is COCCN(CC(=O)Nc1cccc(C(=O)OC)c1)S(C)(=O)=O. The number of hydrogen-bond donors (Lipinski definition) is 1. The number of amides is 1. The molecule has 1 amide bonds. The lowest BCUT2D eigenvalue weighted by atomic mass is 10.2. The molecule has 9 heteroatoms. The van der Waals surface area contributed by atoms with E-state index >= 15 is 0 Å². The van der Waals surface area contributed by atoms with Gasteiger partial charge in [-0.25, -0.2) is 13.2 Å². The summed E-state index contributed by atoms with van der Waals surface area (Å²) in [6, 6.07) is 6.16. The number of carbonyl (C=O) groups excluding carboxylic acids is 2. The number of sulfonamides is 1. The zero-order valence-electron chi connectivity index (χ0n) is 13.2. The number of carbonyl (C=O) groups is 2. The van der Waals surface area contributed by atoms with Crippen LogP contribution in [0.2, 0.25) is 0 Å². The first-order valence-electron chi connectivity index (χ1n) is 6.70. The van der Waals surface area contributed by atoms with Crippen molar-refractivity contribution in [1.29, 1.82) is 0 Å². The van der Waals surface area contributed by atoms with E-state index in [4.69, 9.17) is 4.74 Å². The number of rotatable bonds is 8. The molecule has 0 saturated carbocycles. The van der Waals surface area contributed by atoms with Crippen LogP contribution in [0.1, 0.15) is 10.4 Å². The second-order valence-electron chi connectivity index (χ2n) is 4.71. The maximum absolute atomic E-state index is 12.0. The third-order valence-electron chi connectivity index (χ3n) is 2.90. The summed E-state index contributed by atoms with van der Waals surface area (Å²) in [5, 5.41) is 2.55. The zero-order valence-corrected chi connectivity index (χ0v) is 14.1. The predicted molar refractivity (Wildman–Crippen MR) is 84.7 cm³/mol. The normalized spacial score (nSPS) is 11.3. The van der Waals surface area contributed by atoms with E-state index in [0.29, 0.717) is 5.69 Å². The van der Waals surface area contributed by atoms with Gasteiger partial charge < -0.3 is 14.8 Å². The standard InChI is InChI=1S/C14H20N2O6S/c1-21-8-7-16(23(3,19)20)10-13(17)15-12-6-4-5-11(9-12)14(18)22-2/h4-6,9H,7-8,10H2,1-3H3,(H,15,17). The number of ether oxygens (including phenoxy) is 2. The fraction of sp³-hybridized carbons (Fsp3) is 0.429. The van der Waals surface area contributed by atoms with Gasteiger partial charge >= 0.3 is 5.97 Å². The van der Waals surface area contributed by atoms with Gasteiger partial charge in [0.2, 0.25) is 15.9 Å². The van der Waals surface area contributed by atoms with Crippen molar-refractivity contribution in [1.82, 2.24) is 4.31 Å². The summed E-state index contributed by atoms with van der Waals surface area (Å²) in [7, 11) is -0.831. The van der Waals surface area contributed by atoms with Gasteiger partial charge in [0, 0.05) is 19.3 Å². The van der Waals surface area contributed by atoms with Crippen molar-refractivity contribution in [2.45, 2.75) is 0 Å². The van der Waals surface area contributed by atoms with Gasteiger partial charge in [0.15, 0.2) is 0 Å². The Hall–Kier alpha value is -1.97. The number of benzene rings is 1. The molecule has 0 unspecified atom stereocenters. The quantitative estimate of drug-likeness (QED) is 0.682. The van der Waals surface area contributed by atoms with Gasteiger partial charge in [0.25, 0.3) is 0 Å². The molecule has 0 aromatic heterocycles. The van der Waals surface area contributed by atoms with Crippen molar-refractivity contribution in [3.8, 4) is 0 Å². The molecule has 8 nitrogen and oxygen atoms in total. The Morgan fingerprint density at radius 2 is 1.96 bits per heavy atom. The average molecular weight is 344 g/mol. The highest BCUT2D eigenvalue weighted by atomic mass is 32.2. The summed E-state index contributed by atoms with van der Waals surface area (Å²) in [6.45, 7) is -0.0895. The minimum absolute atomic E-state index is 0.0744. The van der Waals surface area contributed by atoms with Crippen LogP contribution in [0.15, 0.2) is 24.3 Å². The highest BCUT2D eigenvalue weighted by molar-refractivity contribution is 7.88. The molecule has 0 spiro atoms. The van der Waals surface area contributed by atoms with Gasteiger partial charge in [0.1, 0.15) is 0 Å². The lowest BCUT2D eigenvalue weighted by Crippen LogP contribution is -2.39. The van der Waals surface area contributed by atoms with Gasteiger partial charge in [0.05, 0.1) is 32.1 Å². The zero-order chi connectivity index (χ0) is 17.5. The van der Waals surface area contributed by atoms with E-state index in [9.17, 15) is 18.0 Å². The first kappa shape index (κ1) is 19.1. The number of esters is 1. The Morgan fingerprint density at radius 3 is 2.52 bits per heavy atom. The minimum atomic E-state index is -3.53. The average Bonchev–Trinajstić information content (AvgIpc) is 2.49. The molecule has 1 aromatic carbocycles. The third kappa shape index (κ3) is 6.35. The molecule has 0 fully saturated rings. The molecule has 0 aliphatic carbocycles. The van der Waals surface area contributed by atoms with E-state index in [1.807, 2.05) is 0 Å². The van der Waals surface area contributed by atoms with Crippen molar-refractivity contribution in [2.24, 2.45) is 0 Å². The molecule has 0 saturated heterocycles. The lowest BCUT2D eigenvalue weighted by molar-refractivity contribution is -0.116. The summed E-state index contributed by atoms with van der Waals surface area (Å²) < 4.78 is 33.7. The van der Waals surface area contributed by atoms with E-state index in [2.05, 4.69) is 10.1 Å². The van der Waals surface area contributed by atoms with Crippen LogP contribution >= 0.6 is 0 Å². The van der Waals surface area contributed by atoms with Gasteiger partial charge in [-0.15, -0.1) is 0 Å². The fourth-order valence-corrected chi connectivity index (χ4v) is 2.52. The first-order chi connectivity index (χ1) is 10.8. The third-order valence-corrected chi connectivity index (χ3v) is 4.15. The summed E-state index contributed by atoms with van der Waals surface area (Å²) in [4.78, 5) is 23.5. The van der Waals surface area contributed by atoms with Crippen LogP contribution in [0.25, 0.3) is 0 Å². The molecule has 0 heterocycles. The van der Waals surface area contributed by atoms with Crippen molar-refractivity contribution in [3.63, 3.8) is 0 Å². The monoisotopic (exact) mass is 344 g/mol. The largest absolute Gasteiger partial charge is 0.465 e. The Balaban J connectivity index is 2.76. The van der Waals surface area contributed by atoms with E-state index in [1.165, 1.54) is 20.3 Å². The first-order valence-corrected chi connectivity index (χ1v) is 8.55. The number of hydrogen-bond acceptors (Lipinski definition) is 6. The molecule has 1 aromatic rings. The number of methoxy groups -OCH3 is 2. The molecule has 1 N–H and O–H groups in total. The van der Waals surface area contributed by atoms with Crippen molar-refractivity contribution in [3.05, 3.63) is 29.8 Å². The summed E-state index contributed by atoms with van der Waals surface area (Å²) in [5.41, 5.74) is 0.655. The topological polar surface area (TPSA) is 102 Å². The fourth-order valence-electron chi connectivity index (χ4n) is 1.76. The highest BCUT2D eigenvalue weighted by Crippen LogP contribution is 2.12. The maximum Gasteiger partial charge on any atom is 0.337 e. The molecular weight excluding hydrogens is 324 g/mol. The van der Waals surface area contributed by atoms with E-state index < -0.39 is 21.9 Å². The molecule has 0 atom stereocenters. The second kappa shape index (κ2) is 8.61. The summed E-state index contributed by atoms with van der Waals surface area (Å²) >= 11 is 0. The van der Waals surface area contributed by atoms with E-state index in [1.54, 1.807) is 18.2 Å². The minimum Gasteiger partial charge on any atom is -0.465 e. The Bertz CT molecular complexity index is 659. The number of nitrogens with one attached hydrogen (secondary N) is 1. The van der Waals surface area contributed by atoms with Crippen LogP contribution in [0.4, 0.5) is 5.69 Å². The molecular formula is C14H20N2O6S. The van der Waals surface area contributed by atoms with Crippen LogP contribution < -0.4 is 5.32 Å². The van der Waals surface area contributed by atoms with Crippen LogP contribution in [0.3, 0.4) is 0 Å². The molecule has 0 radical (unpaired) electrons. The van der Waals surface area contributed by atoms with Crippen molar-refractivity contribution < 1.29 is 27.5 Å². The van der Waals surface area contributed by atoms with Crippen LogP contribution in [-0.2, 0) is 24.3 Å². The molecule has 1 rings (SSSR count). The Morgan fingerprint density at radius 1 is 1.26 bits per heavy atom. The molecule has 23 heavy (non-hydrogen) atoms. The molecule has 128 valence electrons.